The van der Waals surface area contributed by atoms with E-state index in [0.717, 1.165) is 116 Å². The maximum absolute atomic E-state index is 11.3. The number of hydrogen-bond acceptors (Lipinski definition) is 18. The van der Waals surface area contributed by atoms with Gasteiger partial charge in [-0.3, -0.25) is 14.5 Å². The molecule has 17 nitrogen and oxygen atoms in total. The molecule has 67 heavy (non-hydrogen) atoms. The zero-order valence-corrected chi connectivity index (χ0v) is 43.7. The first-order valence-corrected chi connectivity index (χ1v) is 24.6. The van der Waals surface area contributed by atoms with Crippen molar-refractivity contribution in [3.63, 3.8) is 0 Å². The van der Waals surface area contributed by atoms with E-state index in [1.54, 1.807) is 12.7 Å². The smallest absolute Gasteiger partial charge is 0.481 e. The van der Waals surface area contributed by atoms with Crippen LogP contribution in [0.5, 0.6) is 0 Å². The number of hydrogen-bond donors (Lipinski definition) is 5. The Morgan fingerprint density at radius 1 is 0.701 bits per heavy atom. The summed E-state index contributed by atoms with van der Waals surface area (Å²) >= 11 is 3.69. The number of nitrogens with zero attached hydrogens (tertiary/aromatic N) is 5. The molecule has 4 aliphatic carbocycles. The van der Waals surface area contributed by atoms with Crippen LogP contribution in [0.15, 0.2) is 12.7 Å². The second-order valence-electron chi connectivity index (χ2n) is 16.5. The van der Waals surface area contributed by atoms with Gasteiger partial charge in [0.1, 0.15) is 46.5 Å². The predicted octanol–water partition coefficient (Wildman–Crippen LogP) is 2.25. The van der Waals surface area contributed by atoms with Crippen molar-refractivity contribution >= 4 is 91.9 Å². The molecular formula is C46H68BN8NaO9S2. The SMILES string of the molecule is C1COCCN1.C=O.CC(=O)O.CC(=O)[B-]C(C)=O.CO.O=C1CCC(Nc2ncnc3sc4c(c23)CCC4)CC1.[Na+].c1nc(NC2CCC(N3CCOCC3)CC2)c2c3c(sc2n1)CCC3. The van der Waals surface area contributed by atoms with Gasteiger partial charge in [-0.2, -0.15) is 7.28 Å². The van der Waals surface area contributed by atoms with Gasteiger partial charge in [0, 0.05) is 80.9 Å². The number of ketones is 1. The molecule has 21 heteroatoms. The van der Waals surface area contributed by atoms with Crippen molar-refractivity contribution < 1.29 is 73.2 Å². The molecule has 2 saturated heterocycles. The topological polar surface area (TPSA) is 235 Å². The Kier molecular flexibility index (Phi) is 27.5. The molecule has 0 amide bonds. The van der Waals surface area contributed by atoms with E-state index in [1.807, 2.05) is 29.5 Å². The summed E-state index contributed by atoms with van der Waals surface area (Å²) in [5.41, 5.74) is 2.60. The fourth-order valence-corrected chi connectivity index (χ4v) is 11.3. The minimum atomic E-state index is -0.833. The molecule has 6 heterocycles. The van der Waals surface area contributed by atoms with Crippen LogP contribution < -0.4 is 45.5 Å². The number of carboxylic acids is 1. The van der Waals surface area contributed by atoms with Crippen molar-refractivity contribution in [1.82, 2.24) is 30.2 Å². The van der Waals surface area contributed by atoms with Gasteiger partial charge >= 0.3 is 29.6 Å². The van der Waals surface area contributed by atoms with E-state index in [1.165, 1.54) is 108 Å². The molecule has 0 aromatic carbocycles. The van der Waals surface area contributed by atoms with Gasteiger partial charge in [-0.1, -0.05) is 25.2 Å². The number of morpholine rings is 2. The van der Waals surface area contributed by atoms with Gasteiger partial charge in [0.15, 0.2) is 0 Å². The monoisotopic (exact) mass is 974 g/mol. The van der Waals surface area contributed by atoms with Crippen LogP contribution in [0.2, 0.25) is 0 Å². The molecule has 0 spiro atoms. The number of Topliss-reactive ketones (excluding diaryl/α,β-unsaturated/α-hetero) is 1. The summed E-state index contributed by atoms with van der Waals surface area (Å²) in [5, 5.41) is 27.5. The van der Waals surface area contributed by atoms with Crippen LogP contribution in [-0.4, -0.2) is 150 Å². The van der Waals surface area contributed by atoms with Gasteiger partial charge in [-0.05, 0) is 88.2 Å². The summed E-state index contributed by atoms with van der Waals surface area (Å²) in [7, 11) is 2.06. The molecule has 362 valence electrons. The molecule has 10 rings (SSSR count). The number of carbonyl (C=O) groups is 5. The van der Waals surface area contributed by atoms with Crippen LogP contribution >= 0.6 is 22.7 Å². The van der Waals surface area contributed by atoms with Crippen molar-refractivity contribution in [2.24, 2.45) is 0 Å². The third-order valence-corrected chi connectivity index (χ3v) is 14.1. The van der Waals surface area contributed by atoms with E-state index in [2.05, 4.69) is 40.8 Å². The number of aryl methyl sites for hydroxylation is 4. The van der Waals surface area contributed by atoms with Crippen LogP contribution in [0.4, 0.5) is 11.6 Å². The van der Waals surface area contributed by atoms with E-state index < -0.39 is 5.97 Å². The Labute approximate surface area is 425 Å². The summed E-state index contributed by atoms with van der Waals surface area (Å²) in [6.07, 6.45) is 19.0. The maximum atomic E-state index is 11.3. The fraction of sp³-hybridized carbons (Fsp3) is 0.630. The van der Waals surface area contributed by atoms with E-state index in [9.17, 15) is 14.4 Å². The third-order valence-electron chi connectivity index (χ3n) is 11.7. The number of nitrogens with one attached hydrogen (secondary N) is 3. The number of rotatable bonds is 7. The number of thiophene rings is 2. The molecule has 2 saturated carbocycles. The molecule has 6 aliphatic rings. The molecule has 0 bridgehead atoms. The largest absolute Gasteiger partial charge is 1.00 e. The number of carbonyl (C=O) groups excluding carboxylic acids is 4. The average molecular weight is 975 g/mol. The Hall–Kier alpha value is -3.31. The van der Waals surface area contributed by atoms with Gasteiger partial charge in [-0.25, -0.2) is 19.9 Å². The Bertz CT molecular complexity index is 2110. The van der Waals surface area contributed by atoms with Crippen LogP contribution in [-0.2, 0) is 59.1 Å². The van der Waals surface area contributed by atoms with Gasteiger partial charge in [0.2, 0.25) is 0 Å². The van der Waals surface area contributed by atoms with Crippen molar-refractivity contribution in [3.05, 3.63) is 33.5 Å². The first-order valence-electron chi connectivity index (χ1n) is 23.0. The molecule has 4 fully saturated rings. The molecule has 5 N–H and O–H groups in total. The normalized spacial score (nSPS) is 19.6. The number of aliphatic hydroxyl groups is 1. The standard InChI is InChI=1S/C19H26N4OS.C15H17N3OS.C4H6BO2.C4H9NO.C2H4O2.CH4O.CH2O.Na/c1-2-15-16(3-1)25-19-17(15)18(20-12-21-19)22-13-4-6-14(7-5-13)23-8-10-24-11-9-23;19-10-6-4-9(5-7-10)18-14-13-11-2-1-3-12(11)20-15(13)17-8-16-14;1-3(6)5-4(2)7;1-3-6-4-2-5-1;1-2(3)4;2*1-2;/h12-14H,1-11H2,(H,20,21,22);8-9H,1-7H2,(H,16,17,18);1-2H3;5H,1-4H2;1H3,(H,3,4);2H,1H3;1H2;/q;;-1;;;;;+1. The number of carboxylic acid groups (broad SMARTS) is 1. The van der Waals surface area contributed by atoms with Gasteiger partial charge in [0.05, 0.1) is 37.2 Å². The molecular weight excluding hydrogens is 906 g/mol. The number of anilines is 2. The quantitative estimate of drug-likeness (QED) is 0.167. The van der Waals surface area contributed by atoms with Crippen molar-refractivity contribution in [2.45, 2.75) is 129 Å². The van der Waals surface area contributed by atoms with Crippen LogP contribution in [0.25, 0.3) is 20.4 Å². The summed E-state index contributed by atoms with van der Waals surface area (Å²) < 4.78 is 10.5. The van der Waals surface area contributed by atoms with E-state index in [0.29, 0.717) is 30.7 Å². The van der Waals surface area contributed by atoms with Gasteiger partial charge < -0.3 is 50.0 Å². The molecule has 0 atom stereocenters. The first kappa shape index (κ1) is 58.0. The Morgan fingerprint density at radius 2 is 1.13 bits per heavy atom. The summed E-state index contributed by atoms with van der Waals surface area (Å²) in [5.74, 6) is 1.63. The zero-order valence-electron chi connectivity index (χ0n) is 40.0. The van der Waals surface area contributed by atoms with Crippen molar-refractivity contribution in [3.8, 4) is 0 Å². The van der Waals surface area contributed by atoms with E-state index in [-0.39, 0.29) is 40.9 Å². The summed E-state index contributed by atoms with van der Waals surface area (Å²) in [6, 6.07) is 1.67. The Balaban J connectivity index is 0.000000251. The molecule has 2 radical (unpaired) electrons. The molecule has 4 aromatic heterocycles. The number of fused-ring (bicyclic) bond motifs is 6. The van der Waals surface area contributed by atoms with Gasteiger partial charge in [0.25, 0.3) is 5.97 Å². The van der Waals surface area contributed by atoms with Crippen LogP contribution in [0, 0.1) is 0 Å². The number of aliphatic hydroxyl groups excluding tert-OH is 1. The fourth-order valence-electron chi connectivity index (χ4n) is 8.88. The Morgan fingerprint density at radius 3 is 1.52 bits per heavy atom. The van der Waals surface area contributed by atoms with Crippen molar-refractivity contribution in [1.29, 1.82) is 0 Å². The summed E-state index contributed by atoms with van der Waals surface area (Å²) in [4.78, 5) is 74.3. The minimum Gasteiger partial charge on any atom is -0.481 e. The zero-order chi connectivity index (χ0) is 47.8. The maximum Gasteiger partial charge on any atom is 1.00 e. The van der Waals surface area contributed by atoms with Gasteiger partial charge in [-0.15, -0.1) is 22.7 Å². The third kappa shape index (κ3) is 18.8. The second-order valence-corrected chi connectivity index (χ2v) is 18.7. The predicted molar refractivity (Wildman–Crippen MR) is 261 cm³/mol. The molecule has 0 unspecified atom stereocenters. The number of aliphatic carboxylic acids is 1. The minimum absolute atomic E-state index is 0. The van der Waals surface area contributed by atoms with E-state index >= 15 is 0 Å². The van der Waals surface area contributed by atoms with Crippen molar-refractivity contribution in [2.75, 3.05) is 70.3 Å². The van der Waals surface area contributed by atoms with Crippen LogP contribution in [0.3, 0.4) is 0 Å². The average Bonchev–Trinajstić information content (AvgIpc) is 4.13. The second kappa shape index (κ2) is 31.8. The number of ether oxygens (including phenoxy) is 2. The first-order chi connectivity index (χ1) is 32.0. The number of aromatic nitrogens is 4. The van der Waals surface area contributed by atoms with Crippen LogP contribution in [0.1, 0.15) is 106 Å². The summed E-state index contributed by atoms with van der Waals surface area (Å²) in [6.45, 7) is 13.6. The molecule has 2 aliphatic heterocycles. The van der Waals surface area contributed by atoms with E-state index in [4.69, 9.17) is 29.3 Å². The molecule has 4 aromatic rings.